The lowest BCUT2D eigenvalue weighted by Gasteiger charge is -2.23. The number of alkyl halides is 1. The third kappa shape index (κ3) is 4.08. The van der Waals surface area contributed by atoms with Crippen molar-refractivity contribution in [1.29, 1.82) is 0 Å². The summed E-state index contributed by atoms with van der Waals surface area (Å²) in [6, 6.07) is 6.40. The largest absolute Gasteiger partial charge is 0.229 e. The fraction of sp³-hybridized carbons (Fsp3) is 0.625. The van der Waals surface area contributed by atoms with E-state index in [2.05, 4.69) is 61.8 Å². The summed E-state index contributed by atoms with van der Waals surface area (Å²) >= 11 is 3.59. The Morgan fingerprint density at radius 1 is 0.950 bits per heavy atom. The Bertz CT molecular complexity index is 562. The van der Waals surface area contributed by atoms with E-state index in [-0.39, 0.29) is 4.83 Å². The highest BCUT2D eigenvalue weighted by Gasteiger charge is 2.27. The van der Waals surface area contributed by atoms with Gasteiger partial charge < -0.3 is 0 Å². The molecule has 20 heavy (non-hydrogen) atoms. The summed E-state index contributed by atoms with van der Waals surface area (Å²) in [5, 5.41) is -0.440. The highest BCUT2D eigenvalue weighted by Crippen LogP contribution is 2.36. The number of hydrogen-bond donors (Lipinski definition) is 0. The molecule has 1 aromatic rings. The van der Waals surface area contributed by atoms with E-state index in [4.69, 9.17) is 0 Å². The molecule has 0 amide bonds. The van der Waals surface area contributed by atoms with Crippen LogP contribution in [0.5, 0.6) is 0 Å². The zero-order chi connectivity index (χ0) is 15.7. The molecular formula is C16H25BrO2S. The molecule has 1 aromatic carbocycles. The molecule has 0 radical (unpaired) electrons. The van der Waals surface area contributed by atoms with E-state index < -0.39 is 15.1 Å². The average molecular weight is 361 g/mol. The van der Waals surface area contributed by atoms with Gasteiger partial charge in [0.15, 0.2) is 9.84 Å². The Morgan fingerprint density at radius 2 is 1.50 bits per heavy atom. The number of benzene rings is 1. The maximum absolute atomic E-state index is 11.8. The quantitative estimate of drug-likeness (QED) is 0.706. The van der Waals surface area contributed by atoms with Crippen molar-refractivity contribution in [3.8, 4) is 0 Å². The van der Waals surface area contributed by atoms with Crippen molar-refractivity contribution in [3.05, 3.63) is 34.9 Å². The van der Waals surface area contributed by atoms with Crippen LogP contribution in [0.15, 0.2) is 18.2 Å². The Balaban J connectivity index is 3.31. The van der Waals surface area contributed by atoms with Gasteiger partial charge in [-0.2, -0.15) is 0 Å². The highest BCUT2D eigenvalue weighted by molar-refractivity contribution is 9.09. The van der Waals surface area contributed by atoms with Gasteiger partial charge in [0.25, 0.3) is 0 Å². The zero-order valence-corrected chi connectivity index (χ0v) is 15.5. The van der Waals surface area contributed by atoms with E-state index in [1.807, 2.05) is 0 Å². The number of halogens is 1. The van der Waals surface area contributed by atoms with Gasteiger partial charge in [-0.25, -0.2) is 8.42 Å². The van der Waals surface area contributed by atoms with Crippen LogP contribution in [0.25, 0.3) is 0 Å². The van der Waals surface area contributed by atoms with Gasteiger partial charge in [0.2, 0.25) is 0 Å². The second-order valence-electron chi connectivity index (χ2n) is 6.13. The summed E-state index contributed by atoms with van der Waals surface area (Å²) in [5.41, 5.74) is 3.61. The summed E-state index contributed by atoms with van der Waals surface area (Å²) < 4.78 is 23.5. The molecule has 0 saturated heterocycles. The molecule has 114 valence electrons. The molecule has 0 N–H and O–H groups in total. The van der Waals surface area contributed by atoms with Crippen LogP contribution in [0.1, 0.15) is 68.0 Å². The molecule has 2 nitrogen and oxygen atoms in total. The smallest absolute Gasteiger partial charge is 0.151 e. The molecule has 0 bridgehead atoms. The van der Waals surface area contributed by atoms with Crippen LogP contribution in [-0.4, -0.2) is 19.9 Å². The van der Waals surface area contributed by atoms with Gasteiger partial charge in [-0.3, -0.25) is 0 Å². The van der Waals surface area contributed by atoms with Crippen LogP contribution in [0, 0.1) is 0 Å². The topological polar surface area (TPSA) is 34.1 Å². The summed E-state index contributed by atoms with van der Waals surface area (Å²) in [7, 11) is -3.07. The second kappa shape index (κ2) is 6.61. The van der Waals surface area contributed by atoms with Crippen molar-refractivity contribution in [3.63, 3.8) is 0 Å². The third-order valence-electron chi connectivity index (χ3n) is 3.78. The van der Waals surface area contributed by atoms with Gasteiger partial charge in [0.1, 0.15) is 0 Å². The Hall–Kier alpha value is -0.350. The van der Waals surface area contributed by atoms with Crippen molar-refractivity contribution in [2.45, 2.75) is 56.5 Å². The predicted octanol–water partition coefficient (Wildman–Crippen LogP) is 4.80. The molecule has 0 aliphatic carbocycles. The molecule has 0 heterocycles. The van der Waals surface area contributed by atoms with Crippen molar-refractivity contribution >= 4 is 25.8 Å². The van der Waals surface area contributed by atoms with Gasteiger partial charge in [-0.1, -0.05) is 61.8 Å². The molecule has 0 aliphatic heterocycles. The van der Waals surface area contributed by atoms with E-state index in [1.165, 1.54) is 17.4 Å². The van der Waals surface area contributed by atoms with Gasteiger partial charge in [0, 0.05) is 6.26 Å². The third-order valence-corrected chi connectivity index (χ3v) is 7.04. The molecule has 2 atom stereocenters. The molecule has 0 saturated carbocycles. The minimum Gasteiger partial charge on any atom is -0.229 e. The molecule has 0 spiro atoms. The molecule has 4 heteroatoms. The predicted molar refractivity (Wildman–Crippen MR) is 90.6 cm³/mol. The molecular weight excluding hydrogens is 336 g/mol. The number of hydrogen-bond acceptors (Lipinski definition) is 2. The van der Waals surface area contributed by atoms with Crippen molar-refractivity contribution in [1.82, 2.24) is 0 Å². The number of rotatable bonds is 5. The van der Waals surface area contributed by atoms with E-state index in [0.29, 0.717) is 11.8 Å². The first-order valence-electron chi connectivity index (χ1n) is 7.02. The fourth-order valence-corrected chi connectivity index (χ4v) is 4.35. The van der Waals surface area contributed by atoms with Crippen LogP contribution in [-0.2, 0) is 9.84 Å². The lowest BCUT2D eigenvalue weighted by molar-refractivity contribution is 0.587. The first kappa shape index (κ1) is 17.7. The van der Waals surface area contributed by atoms with E-state index in [1.54, 1.807) is 6.92 Å². The van der Waals surface area contributed by atoms with E-state index >= 15 is 0 Å². The minimum atomic E-state index is -3.07. The standard InChI is InChI=1S/C16H25BrO2S/c1-10(2)13-7-8-14(15(9-13)11(3)4)16(17)12(5)20(6,18)19/h7-12,16H,1-6H3. The minimum absolute atomic E-state index is 0.170. The summed E-state index contributed by atoms with van der Waals surface area (Å²) in [6.45, 7) is 10.4. The molecule has 0 aliphatic rings. The Labute approximate surface area is 132 Å². The van der Waals surface area contributed by atoms with Crippen LogP contribution in [0.3, 0.4) is 0 Å². The van der Waals surface area contributed by atoms with Crippen LogP contribution in [0.2, 0.25) is 0 Å². The lowest BCUT2D eigenvalue weighted by Crippen LogP contribution is -2.22. The summed E-state index contributed by atoms with van der Waals surface area (Å²) in [4.78, 5) is -0.170. The number of sulfone groups is 1. The molecule has 2 unspecified atom stereocenters. The van der Waals surface area contributed by atoms with Crippen molar-refractivity contribution in [2.24, 2.45) is 0 Å². The Kier molecular flexibility index (Phi) is 5.85. The average Bonchev–Trinajstić information content (AvgIpc) is 2.34. The fourth-order valence-electron chi connectivity index (χ4n) is 2.17. The zero-order valence-electron chi connectivity index (χ0n) is 13.1. The maximum Gasteiger partial charge on any atom is 0.151 e. The van der Waals surface area contributed by atoms with Crippen LogP contribution < -0.4 is 0 Å². The second-order valence-corrected chi connectivity index (χ2v) is 9.52. The lowest BCUT2D eigenvalue weighted by atomic mass is 9.90. The van der Waals surface area contributed by atoms with Crippen LogP contribution >= 0.6 is 15.9 Å². The monoisotopic (exact) mass is 360 g/mol. The normalized spacial score (nSPS) is 15.7. The Morgan fingerprint density at radius 3 is 1.90 bits per heavy atom. The van der Waals surface area contributed by atoms with Gasteiger partial charge >= 0.3 is 0 Å². The van der Waals surface area contributed by atoms with Gasteiger partial charge in [-0.15, -0.1) is 0 Å². The van der Waals surface area contributed by atoms with Crippen molar-refractivity contribution in [2.75, 3.05) is 6.26 Å². The summed E-state index contributed by atoms with van der Waals surface area (Å²) in [6.07, 6.45) is 1.30. The molecule has 0 fully saturated rings. The van der Waals surface area contributed by atoms with Crippen LogP contribution in [0.4, 0.5) is 0 Å². The van der Waals surface area contributed by atoms with Gasteiger partial charge in [0.05, 0.1) is 10.1 Å². The van der Waals surface area contributed by atoms with Gasteiger partial charge in [-0.05, 0) is 35.4 Å². The van der Waals surface area contributed by atoms with Crippen molar-refractivity contribution < 1.29 is 8.42 Å². The molecule has 0 aromatic heterocycles. The molecule has 1 rings (SSSR count). The summed E-state index contributed by atoms with van der Waals surface area (Å²) in [5.74, 6) is 0.846. The maximum atomic E-state index is 11.8. The SMILES string of the molecule is CC(C)c1ccc(C(Br)C(C)S(C)(=O)=O)c(C(C)C)c1. The van der Waals surface area contributed by atoms with E-state index in [0.717, 1.165) is 5.56 Å². The first-order valence-corrected chi connectivity index (χ1v) is 9.89. The highest BCUT2D eigenvalue weighted by atomic mass is 79.9. The van der Waals surface area contributed by atoms with E-state index in [9.17, 15) is 8.42 Å². The first-order chi connectivity index (χ1) is 9.05.